The third-order valence-electron chi connectivity index (χ3n) is 1.20. The first kappa shape index (κ1) is 9.39. The molecule has 2 rings (SSSR count). The second-order valence-corrected chi connectivity index (χ2v) is 5.20. The highest BCUT2D eigenvalue weighted by molar-refractivity contribution is 8.01. The SMILES string of the molecule is Cc1csc(Sc2nsnc2Cl)n1. The van der Waals surface area contributed by atoms with Gasteiger partial charge in [0.2, 0.25) is 0 Å². The number of aromatic nitrogens is 3. The van der Waals surface area contributed by atoms with E-state index in [9.17, 15) is 0 Å². The van der Waals surface area contributed by atoms with Gasteiger partial charge in [0, 0.05) is 11.1 Å². The van der Waals surface area contributed by atoms with E-state index in [-0.39, 0.29) is 0 Å². The van der Waals surface area contributed by atoms with Crippen LogP contribution >= 0.6 is 46.4 Å². The Labute approximate surface area is 92.5 Å². The van der Waals surface area contributed by atoms with Crippen LogP contribution in [-0.2, 0) is 0 Å². The Morgan fingerprint density at radius 2 is 2.31 bits per heavy atom. The molecule has 2 aromatic heterocycles. The Balaban J connectivity index is 2.19. The van der Waals surface area contributed by atoms with E-state index in [1.54, 1.807) is 11.3 Å². The average Bonchev–Trinajstić information content (AvgIpc) is 2.64. The average molecular weight is 250 g/mol. The van der Waals surface area contributed by atoms with Crippen LogP contribution < -0.4 is 0 Å². The molecule has 0 bridgehead atoms. The van der Waals surface area contributed by atoms with Crippen molar-refractivity contribution in [2.75, 3.05) is 0 Å². The fourth-order valence-corrected chi connectivity index (χ4v) is 3.24. The maximum atomic E-state index is 5.79. The van der Waals surface area contributed by atoms with E-state index in [1.807, 2.05) is 12.3 Å². The lowest BCUT2D eigenvalue weighted by molar-refractivity contribution is 1.15. The molecule has 3 nitrogen and oxygen atoms in total. The molecule has 0 aliphatic carbocycles. The molecule has 0 aromatic carbocycles. The monoisotopic (exact) mass is 249 g/mol. The number of aryl methyl sites for hydroxylation is 1. The molecule has 2 aromatic rings. The van der Waals surface area contributed by atoms with Crippen LogP contribution in [-0.4, -0.2) is 13.7 Å². The molecule has 2 heterocycles. The lowest BCUT2D eigenvalue weighted by Gasteiger charge is -1.89. The van der Waals surface area contributed by atoms with Crippen LogP contribution in [0, 0.1) is 6.92 Å². The van der Waals surface area contributed by atoms with E-state index in [0.717, 1.165) is 26.8 Å². The molecule has 0 amide bonds. The topological polar surface area (TPSA) is 38.7 Å². The molecule has 13 heavy (non-hydrogen) atoms. The standard InChI is InChI=1S/C6H4ClN3S3/c1-3-2-11-6(8-3)12-5-4(7)9-13-10-5/h2H,1H3. The van der Waals surface area contributed by atoms with Crippen LogP contribution in [0.25, 0.3) is 0 Å². The molecule has 0 saturated carbocycles. The fourth-order valence-electron chi connectivity index (χ4n) is 0.693. The summed E-state index contributed by atoms with van der Waals surface area (Å²) in [6.07, 6.45) is 0. The first-order chi connectivity index (χ1) is 6.25. The van der Waals surface area contributed by atoms with Gasteiger partial charge in [0.1, 0.15) is 0 Å². The van der Waals surface area contributed by atoms with Crippen LogP contribution in [0.3, 0.4) is 0 Å². The smallest absolute Gasteiger partial charge is 0.177 e. The molecular formula is C6H4ClN3S3. The maximum Gasteiger partial charge on any atom is 0.177 e. The molecule has 0 spiro atoms. The lowest BCUT2D eigenvalue weighted by Crippen LogP contribution is -1.73. The summed E-state index contributed by atoms with van der Waals surface area (Å²) in [5.41, 5.74) is 1.02. The largest absolute Gasteiger partial charge is 0.235 e. The molecular weight excluding hydrogens is 246 g/mol. The molecule has 7 heteroatoms. The van der Waals surface area contributed by atoms with Gasteiger partial charge in [-0.15, -0.1) is 11.3 Å². The molecule has 0 radical (unpaired) electrons. The first-order valence-corrected chi connectivity index (χ1v) is 6.14. The van der Waals surface area contributed by atoms with Gasteiger partial charge in [-0.1, -0.05) is 11.6 Å². The van der Waals surface area contributed by atoms with E-state index in [2.05, 4.69) is 13.7 Å². The van der Waals surface area contributed by atoms with E-state index >= 15 is 0 Å². The highest BCUT2D eigenvalue weighted by Gasteiger charge is 2.09. The predicted octanol–water partition coefficient (Wildman–Crippen LogP) is 3.11. The Morgan fingerprint density at radius 1 is 1.46 bits per heavy atom. The minimum absolute atomic E-state index is 0.461. The van der Waals surface area contributed by atoms with Crippen LogP contribution in [0.2, 0.25) is 5.15 Å². The second kappa shape index (κ2) is 3.91. The normalized spacial score (nSPS) is 10.6. The van der Waals surface area contributed by atoms with Crippen LogP contribution in [0.4, 0.5) is 0 Å². The molecule has 0 N–H and O–H groups in total. The van der Waals surface area contributed by atoms with Gasteiger partial charge in [0.25, 0.3) is 0 Å². The first-order valence-electron chi connectivity index (χ1n) is 3.34. The van der Waals surface area contributed by atoms with Crippen molar-refractivity contribution in [2.24, 2.45) is 0 Å². The summed E-state index contributed by atoms with van der Waals surface area (Å²) in [5.74, 6) is 0. The molecule has 0 atom stereocenters. The maximum absolute atomic E-state index is 5.79. The van der Waals surface area contributed by atoms with Crippen molar-refractivity contribution < 1.29 is 0 Å². The Hall–Kier alpha value is -0.170. The Kier molecular flexibility index (Phi) is 2.83. The molecule has 0 unspecified atom stereocenters. The summed E-state index contributed by atoms with van der Waals surface area (Å²) in [6, 6.07) is 0. The van der Waals surface area contributed by atoms with E-state index < -0.39 is 0 Å². The van der Waals surface area contributed by atoms with Gasteiger partial charge >= 0.3 is 0 Å². The zero-order valence-electron chi connectivity index (χ0n) is 6.52. The molecule has 68 valence electrons. The zero-order valence-corrected chi connectivity index (χ0v) is 9.73. The van der Waals surface area contributed by atoms with Gasteiger partial charge in [-0.25, -0.2) is 4.98 Å². The molecule has 0 aliphatic rings. The number of nitrogens with zero attached hydrogens (tertiary/aromatic N) is 3. The minimum Gasteiger partial charge on any atom is -0.235 e. The van der Waals surface area contributed by atoms with Crippen molar-refractivity contribution in [3.63, 3.8) is 0 Å². The van der Waals surface area contributed by atoms with E-state index in [4.69, 9.17) is 11.6 Å². The van der Waals surface area contributed by atoms with Crippen molar-refractivity contribution in [1.82, 2.24) is 13.7 Å². The molecule has 0 aliphatic heterocycles. The number of rotatable bonds is 2. The van der Waals surface area contributed by atoms with Gasteiger partial charge in [0.05, 0.1) is 11.7 Å². The Morgan fingerprint density at radius 3 is 2.85 bits per heavy atom. The highest BCUT2D eigenvalue weighted by atomic mass is 35.5. The predicted molar refractivity (Wildman–Crippen MR) is 55.9 cm³/mol. The minimum atomic E-state index is 0.461. The zero-order chi connectivity index (χ0) is 9.26. The van der Waals surface area contributed by atoms with Crippen molar-refractivity contribution >= 4 is 46.4 Å². The summed E-state index contributed by atoms with van der Waals surface area (Å²) >= 11 is 9.95. The van der Waals surface area contributed by atoms with Gasteiger partial charge in [-0.3, -0.25) is 0 Å². The molecule has 0 saturated heterocycles. The summed E-state index contributed by atoms with van der Waals surface area (Å²) in [7, 11) is 0. The summed E-state index contributed by atoms with van der Waals surface area (Å²) in [5, 5.41) is 3.19. The lowest BCUT2D eigenvalue weighted by atomic mass is 10.6. The number of hydrogen-bond acceptors (Lipinski definition) is 6. The van der Waals surface area contributed by atoms with Gasteiger partial charge in [-0.2, -0.15) is 8.75 Å². The fraction of sp³-hybridized carbons (Fsp3) is 0.167. The van der Waals surface area contributed by atoms with Crippen molar-refractivity contribution in [3.05, 3.63) is 16.2 Å². The van der Waals surface area contributed by atoms with Crippen molar-refractivity contribution in [2.45, 2.75) is 16.3 Å². The second-order valence-electron chi connectivity index (χ2n) is 2.22. The van der Waals surface area contributed by atoms with Gasteiger partial charge < -0.3 is 0 Å². The molecule has 0 fully saturated rings. The third kappa shape index (κ3) is 2.19. The Bertz CT molecular complexity index is 411. The van der Waals surface area contributed by atoms with Crippen molar-refractivity contribution in [3.8, 4) is 0 Å². The third-order valence-corrected chi connectivity index (χ3v) is 4.36. The quantitative estimate of drug-likeness (QED) is 0.820. The van der Waals surface area contributed by atoms with E-state index in [0.29, 0.717) is 5.15 Å². The summed E-state index contributed by atoms with van der Waals surface area (Å²) < 4.78 is 8.87. The number of thiazole rings is 1. The van der Waals surface area contributed by atoms with Gasteiger partial charge in [0.15, 0.2) is 14.5 Å². The number of hydrogen-bond donors (Lipinski definition) is 0. The highest BCUT2D eigenvalue weighted by Crippen LogP contribution is 2.33. The van der Waals surface area contributed by atoms with Gasteiger partial charge in [-0.05, 0) is 18.7 Å². The van der Waals surface area contributed by atoms with Crippen LogP contribution in [0.5, 0.6) is 0 Å². The van der Waals surface area contributed by atoms with Crippen molar-refractivity contribution in [1.29, 1.82) is 0 Å². The number of halogens is 1. The summed E-state index contributed by atoms with van der Waals surface area (Å²) in [4.78, 5) is 4.29. The van der Waals surface area contributed by atoms with Crippen LogP contribution in [0.15, 0.2) is 14.7 Å². The van der Waals surface area contributed by atoms with Crippen LogP contribution in [0.1, 0.15) is 5.69 Å². The van der Waals surface area contributed by atoms with E-state index in [1.165, 1.54) is 11.8 Å². The summed E-state index contributed by atoms with van der Waals surface area (Å²) in [6.45, 7) is 1.96.